The molecule has 8 rings (SSSR count). The van der Waals surface area contributed by atoms with Gasteiger partial charge in [-0.3, -0.25) is 0 Å². The Balaban J connectivity index is 1.18. The van der Waals surface area contributed by atoms with Crippen LogP contribution in [0, 0.1) is 52.3 Å². The van der Waals surface area contributed by atoms with Crippen molar-refractivity contribution in [3.8, 4) is 0 Å². The first-order valence-electron chi connectivity index (χ1n) is 24.2. The molecule has 0 aromatic heterocycles. The van der Waals surface area contributed by atoms with Crippen molar-refractivity contribution >= 4 is 0 Å². The summed E-state index contributed by atoms with van der Waals surface area (Å²) in [6.07, 6.45) is 7.79. The smallest absolute Gasteiger partial charge is 0.0903 e. The quantitative estimate of drug-likeness (QED) is 0.0915. The van der Waals surface area contributed by atoms with Crippen LogP contribution >= 0.6 is 0 Å². The van der Waals surface area contributed by atoms with Gasteiger partial charge in [0.15, 0.2) is 0 Å². The number of allylic oxidation sites excluding steroid dienone is 1. The average molecular weight is 855 g/mol. The van der Waals surface area contributed by atoms with Crippen LogP contribution in [-0.4, -0.2) is 47.3 Å². The van der Waals surface area contributed by atoms with Crippen molar-refractivity contribution in [3.05, 3.63) is 155 Å². The lowest BCUT2D eigenvalue weighted by Crippen LogP contribution is -2.69. The van der Waals surface area contributed by atoms with E-state index in [1.807, 2.05) is 0 Å². The number of ether oxygens (including phenoxy) is 4. The maximum atomic E-state index is 11.9. The number of hydrogen-bond acceptors (Lipinski definition) is 6. The third-order valence-corrected chi connectivity index (χ3v) is 16.5. The molecule has 2 N–H and O–H groups in total. The Morgan fingerprint density at radius 3 is 1.60 bits per heavy atom. The minimum absolute atomic E-state index is 0.0138. The summed E-state index contributed by atoms with van der Waals surface area (Å²) >= 11 is 0. The van der Waals surface area contributed by atoms with Gasteiger partial charge in [-0.15, -0.1) is 0 Å². The number of aliphatic hydroxyl groups is 2. The number of hydrogen-bond donors (Lipinski definition) is 2. The van der Waals surface area contributed by atoms with Crippen LogP contribution in [0.1, 0.15) is 102 Å². The van der Waals surface area contributed by atoms with Crippen molar-refractivity contribution < 1.29 is 29.2 Å². The maximum absolute atomic E-state index is 11.9. The predicted molar refractivity (Wildman–Crippen MR) is 251 cm³/mol. The molecule has 13 atom stereocenters. The van der Waals surface area contributed by atoms with Crippen LogP contribution in [0.5, 0.6) is 0 Å². The Kier molecular flexibility index (Phi) is 15.1. The Hall–Kier alpha value is -3.62. The lowest BCUT2D eigenvalue weighted by molar-refractivity contribution is -0.284. The zero-order valence-corrected chi connectivity index (χ0v) is 38.6. The van der Waals surface area contributed by atoms with Crippen molar-refractivity contribution in [2.45, 2.75) is 137 Å². The number of benzene rings is 4. The fraction of sp³-hybridized carbons (Fsp3) is 0.544. The molecular formula is C57H74O6. The summed E-state index contributed by atoms with van der Waals surface area (Å²) in [4.78, 5) is 0. The van der Waals surface area contributed by atoms with Crippen LogP contribution in [0.25, 0.3) is 0 Å². The van der Waals surface area contributed by atoms with Crippen LogP contribution < -0.4 is 0 Å². The Morgan fingerprint density at radius 2 is 1.10 bits per heavy atom. The third kappa shape index (κ3) is 9.98. The molecule has 6 nitrogen and oxygen atoms in total. The highest BCUT2D eigenvalue weighted by Crippen LogP contribution is 2.68. The van der Waals surface area contributed by atoms with E-state index < -0.39 is 6.10 Å². The van der Waals surface area contributed by atoms with Crippen molar-refractivity contribution in [1.29, 1.82) is 0 Å². The minimum Gasteiger partial charge on any atom is -0.396 e. The van der Waals surface area contributed by atoms with Crippen molar-refractivity contribution in [2.24, 2.45) is 52.3 Å². The van der Waals surface area contributed by atoms with Gasteiger partial charge in [0.25, 0.3) is 0 Å². The summed E-state index contributed by atoms with van der Waals surface area (Å²) in [5.41, 5.74) is 5.88. The van der Waals surface area contributed by atoms with Crippen molar-refractivity contribution in [3.63, 3.8) is 0 Å². The van der Waals surface area contributed by atoms with E-state index in [1.54, 1.807) is 0 Å². The average Bonchev–Trinajstić information content (AvgIpc) is 3.66. The summed E-state index contributed by atoms with van der Waals surface area (Å²) < 4.78 is 29.3. The van der Waals surface area contributed by atoms with E-state index in [1.165, 1.54) is 11.1 Å². The molecule has 4 aromatic carbocycles. The Bertz CT molecular complexity index is 2020. The first-order valence-corrected chi connectivity index (χ1v) is 24.2. The van der Waals surface area contributed by atoms with E-state index in [0.29, 0.717) is 50.6 Å². The standard InChI is InChI=1S/C57H74O6/c1-39(2)45(30-33-58)34-49(59)40(3)46-26-27-47-51-48(28-31-56(46,47)4)57(5)32-29-50(60-35-41-18-10-6-11-19-41)53(61-36-42-20-12-7-13-21-42)52(57)55(63-38-44-24-16-9-17-25-44)54(51)62-37-43-22-14-8-15-23-43/h6-26,39-40,45,47-55,58-59H,27-38H2,1-5H3/t40?,45?,47?,48?,49?,50-,51?,52?,53+,54-,55-,56-,57-/m1/s1. The zero-order chi connectivity index (χ0) is 44.0. The summed E-state index contributed by atoms with van der Waals surface area (Å²) in [7, 11) is 0. The molecule has 4 aliphatic carbocycles. The number of aliphatic hydroxyl groups excluding tert-OH is 2. The molecule has 4 aromatic rings. The second-order valence-electron chi connectivity index (χ2n) is 20.4. The van der Waals surface area contributed by atoms with Crippen LogP contribution in [0.4, 0.5) is 0 Å². The maximum Gasteiger partial charge on any atom is 0.0903 e. The molecule has 0 bridgehead atoms. The molecule has 7 unspecified atom stereocenters. The van der Waals surface area contributed by atoms with Gasteiger partial charge in [-0.25, -0.2) is 0 Å². The Labute approximate surface area is 378 Å². The molecule has 4 aliphatic rings. The SMILES string of the molecule is CC(C)C(CCO)CC(O)C(C)C1=CCC2C3C(CC[C@]12C)[C@@]1(C)CC[C@@H](OCc2ccccc2)[C@H](OCc2ccccc2)C1[C@@H](OCc1ccccc1)[C@@H]3OCc1ccccc1. The van der Waals surface area contributed by atoms with Crippen LogP contribution in [-0.2, 0) is 45.4 Å². The van der Waals surface area contributed by atoms with Crippen LogP contribution in [0.2, 0.25) is 0 Å². The van der Waals surface area contributed by atoms with Crippen molar-refractivity contribution in [1.82, 2.24) is 0 Å². The van der Waals surface area contributed by atoms with E-state index in [0.717, 1.165) is 55.2 Å². The van der Waals surface area contributed by atoms with E-state index in [4.69, 9.17) is 18.9 Å². The third-order valence-electron chi connectivity index (χ3n) is 16.5. The highest BCUT2D eigenvalue weighted by Gasteiger charge is 2.67. The van der Waals surface area contributed by atoms with Crippen molar-refractivity contribution in [2.75, 3.05) is 6.61 Å². The normalized spacial score (nSPS) is 31.7. The highest BCUT2D eigenvalue weighted by atomic mass is 16.6. The summed E-state index contributed by atoms with van der Waals surface area (Å²) in [5.74, 6) is 1.70. The van der Waals surface area contributed by atoms with Crippen LogP contribution in [0.3, 0.4) is 0 Å². The molecule has 6 heteroatoms. The molecule has 0 spiro atoms. The summed E-state index contributed by atoms with van der Waals surface area (Å²) in [5, 5.41) is 21.8. The largest absolute Gasteiger partial charge is 0.396 e. The zero-order valence-electron chi connectivity index (χ0n) is 38.6. The second-order valence-corrected chi connectivity index (χ2v) is 20.4. The molecule has 63 heavy (non-hydrogen) atoms. The number of fused-ring (bicyclic) bond motifs is 5. The molecule has 0 saturated heterocycles. The van der Waals surface area contributed by atoms with Gasteiger partial charge in [0.1, 0.15) is 0 Å². The van der Waals surface area contributed by atoms with Gasteiger partial charge in [0.2, 0.25) is 0 Å². The number of rotatable bonds is 19. The predicted octanol–water partition coefficient (Wildman–Crippen LogP) is 11.8. The highest BCUT2D eigenvalue weighted by molar-refractivity contribution is 5.30. The molecule has 3 saturated carbocycles. The summed E-state index contributed by atoms with van der Waals surface area (Å²) in [6, 6.07) is 42.4. The van der Waals surface area contributed by atoms with E-state index in [9.17, 15) is 10.2 Å². The fourth-order valence-electron chi connectivity index (χ4n) is 13.0. The first-order chi connectivity index (χ1) is 30.6. The summed E-state index contributed by atoms with van der Waals surface area (Å²) in [6.45, 7) is 14.0. The van der Waals surface area contributed by atoms with Gasteiger partial charge >= 0.3 is 0 Å². The van der Waals surface area contributed by atoms with Gasteiger partial charge in [-0.05, 0) is 108 Å². The molecule has 0 aliphatic heterocycles. The van der Waals surface area contributed by atoms with E-state index in [-0.39, 0.29) is 65.5 Å². The van der Waals surface area contributed by atoms with E-state index in [2.05, 4.69) is 162 Å². The fourth-order valence-corrected chi connectivity index (χ4v) is 13.0. The molecular weight excluding hydrogens is 781 g/mol. The monoisotopic (exact) mass is 855 g/mol. The second kappa shape index (κ2) is 20.7. The Morgan fingerprint density at radius 1 is 0.603 bits per heavy atom. The lowest BCUT2D eigenvalue weighted by Gasteiger charge is -2.66. The van der Waals surface area contributed by atoms with Crippen LogP contribution in [0.15, 0.2) is 133 Å². The molecule has 0 radical (unpaired) electrons. The minimum atomic E-state index is -0.461. The molecule has 0 heterocycles. The van der Waals surface area contributed by atoms with Gasteiger partial charge in [-0.1, -0.05) is 168 Å². The lowest BCUT2D eigenvalue weighted by atomic mass is 9.42. The van der Waals surface area contributed by atoms with Gasteiger partial charge in [0.05, 0.1) is 56.9 Å². The molecule has 3 fully saturated rings. The van der Waals surface area contributed by atoms with Gasteiger partial charge in [0, 0.05) is 18.4 Å². The topological polar surface area (TPSA) is 77.4 Å². The first kappa shape index (κ1) is 45.9. The van der Waals surface area contributed by atoms with Gasteiger partial charge in [-0.2, -0.15) is 0 Å². The molecule has 0 amide bonds. The van der Waals surface area contributed by atoms with Gasteiger partial charge < -0.3 is 29.2 Å². The molecule has 338 valence electrons. The van der Waals surface area contributed by atoms with E-state index >= 15 is 0 Å².